The summed E-state index contributed by atoms with van der Waals surface area (Å²) in [5, 5.41) is 2.44. The third kappa shape index (κ3) is 2.84. The Labute approximate surface area is 146 Å². The van der Waals surface area contributed by atoms with E-state index in [2.05, 4.69) is 5.32 Å². The lowest BCUT2D eigenvalue weighted by Gasteiger charge is -2.23. The van der Waals surface area contributed by atoms with Crippen molar-refractivity contribution in [3.8, 4) is 0 Å². The van der Waals surface area contributed by atoms with E-state index in [0.29, 0.717) is 0 Å². The van der Waals surface area contributed by atoms with Crippen LogP contribution in [-0.2, 0) is 16.9 Å². The van der Waals surface area contributed by atoms with Crippen LogP contribution in [0.2, 0.25) is 5.02 Å². The van der Waals surface area contributed by atoms with Gasteiger partial charge in [-0.2, -0.15) is 0 Å². The van der Waals surface area contributed by atoms with Gasteiger partial charge in [-0.15, -0.1) is 0 Å². The van der Waals surface area contributed by atoms with Gasteiger partial charge in [-0.3, -0.25) is 9.69 Å². The lowest BCUT2D eigenvalue weighted by Crippen LogP contribution is -2.41. The van der Waals surface area contributed by atoms with Crippen LogP contribution in [0.25, 0.3) is 0 Å². The number of benzene rings is 2. The van der Waals surface area contributed by atoms with E-state index in [4.69, 9.17) is 11.6 Å². The number of nitrogens with zero attached hydrogens (tertiary/aromatic N) is 1. The molecule has 1 unspecified atom stereocenters. The molecular formula is C17H12ClF3N2O2. The minimum atomic E-state index is -1.54. The van der Waals surface area contributed by atoms with Gasteiger partial charge in [-0.05, 0) is 25.1 Å². The van der Waals surface area contributed by atoms with Gasteiger partial charge in [0.05, 0.1) is 6.54 Å². The van der Waals surface area contributed by atoms with Gasteiger partial charge in [0.25, 0.3) is 5.91 Å². The molecule has 2 aromatic carbocycles. The second-order valence-electron chi connectivity index (χ2n) is 5.78. The first-order chi connectivity index (χ1) is 11.7. The van der Waals surface area contributed by atoms with Crippen LogP contribution in [0.1, 0.15) is 18.1 Å². The highest BCUT2D eigenvalue weighted by atomic mass is 35.5. The fraction of sp³-hybridized carbons (Fsp3) is 0.176. The first-order valence-corrected chi connectivity index (χ1v) is 7.64. The summed E-state index contributed by atoms with van der Waals surface area (Å²) in [6.07, 6.45) is 0. The molecule has 1 fully saturated rings. The summed E-state index contributed by atoms with van der Waals surface area (Å²) in [6.45, 7) is 0.969. The van der Waals surface area contributed by atoms with E-state index < -0.39 is 41.5 Å². The molecule has 1 aliphatic heterocycles. The number of imide groups is 1. The SMILES string of the molecule is CC1(c2ccc(F)cc2Cl)NC(=O)N(Cc2cccc(F)c2F)C1=O. The molecule has 130 valence electrons. The number of urea groups is 1. The van der Waals surface area contributed by atoms with Gasteiger partial charge >= 0.3 is 6.03 Å². The molecule has 1 aliphatic rings. The van der Waals surface area contributed by atoms with Gasteiger partial charge in [0.15, 0.2) is 11.6 Å². The molecule has 0 aliphatic carbocycles. The van der Waals surface area contributed by atoms with Crippen LogP contribution < -0.4 is 5.32 Å². The Morgan fingerprint density at radius 3 is 2.56 bits per heavy atom. The molecule has 1 heterocycles. The van der Waals surface area contributed by atoms with Crippen molar-refractivity contribution in [2.75, 3.05) is 0 Å². The summed E-state index contributed by atoms with van der Waals surface area (Å²) < 4.78 is 40.4. The van der Waals surface area contributed by atoms with Gasteiger partial charge in [-0.25, -0.2) is 18.0 Å². The molecule has 3 rings (SSSR count). The largest absolute Gasteiger partial charge is 0.325 e. The molecule has 0 bridgehead atoms. The number of rotatable bonds is 3. The minimum Gasteiger partial charge on any atom is -0.319 e. The summed E-state index contributed by atoms with van der Waals surface area (Å²) in [5.74, 6) is -3.49. The summed E-state index contributed by atoms with van der Waals surface area (Å²) >= 11 is 5.99. The highest BCUT2D eigenvalue weighted by Gasteiger charge is 2.50. The molecule has 2 aromatic rings. The van der Waals surface area contributed by atoms with Crippen molar-refractivity contribution in [3.05, 3.63) is 70.0 Å². The third-order valence-electron chi connectivity index (χ3n) is 4.10. The lowest BCUT2D eigenvalue weighted by molar-refractivity contribution is -0.131. The molecule has 0 saturated carbocycles. The number of hydrogen-bond acceptors (Lipinski definition) is 2. The van der Waals surface area contributed by atoms with Crippen LogP contribution in [0, 0.1) is 17.5 Å². The minimum absolute atomic E-state index is 0.0325. The fourth-order valence-electron chi connectivity index (χ4n) is 2.76. The Hall–Kier alpha value is -2.54. The van der Waals surface area contributed by atoms with Crippen LogP contribution in [-0.4, -0.2) is 16.8 Å². The molecule has 25 heavy (non-hydrogen) atoms. The molecule has 8 heteroatoms. The highest BCUT2D eigenvalue weighted by Crippen LogP contribution is 2.34. The number of nitrogens with one attached hydrogen (secondary N) is 1. The van der Waals surface area contributed by atoms with Crippen LogP contribution in [0.4, 0.5) is 18.0 Å². The van der Waals surface area contributed by atoms with Crippen LogP contribution in [0.15, 0.2) is 36.4 Å². The van der Waals surface area contributed by atoms with Crippen molar-refractivity contribution in [2.24, 2.45) is 0 Å². The van der Waals surface area contributed by atoms with E-state index in [0.717, 1.165) is 23.1 Å². The number of hydrogen-bond donors (Lipinski definition) is 1. The van der Waals surface area contributed by atoms with Gasteiger partial charge in [0.2, 0.25) is 0 Å². The second kappa shape index (κ2) is 6.07. The predicted molar refractivity (Wildman–Crippen MR) is 84.2 cm³/mol. The van der Waals surface area contributed by atoms with Gasteiger partial charge in [0.1, 0.15) is 11.4 Å². The molecule has 1 atom stereocenters. The average Bonchev–Trinajstić information content (AvgIpc) is 2.75. The van der Waals surface area contributed by atoms with Gasteiger partial charge < -0.3 is 5.32 Å². The first kappa shape index (κ1) is 17.3. The summed E-state index contributed by atoms with van der Waals surface area (Å²) in [6, 6.07) is 6.14. The summed E-state index contributed by atoms with van der Waals surface area (Å²) in [5.41, 5.74) is -1.47. The second-order valence-corrected chi connectivity index (χ2v) is 6.19. The summed E-state index contributed by atoms with van der Waals surface area (Å²) in [4.78, 5) is 25.7. The standard InChI is InChI=1S/C17H12ClF3N2O2/c1-17(11-6-5-10(19)7-12(11)18)15(24)23(16(25)22-17)8-9-3-2-4-13(20)14(9)21/h2-7H,8H2,1H3,(H,22,25). The molecule has 0 spiro atoms. The van der Waals surface area contributed by atoms with Gasteiger partial charge in [-0.1, -0.05) is 29.8 Å². The lowest BCUT2D eigenvalue weighted by atomic mass is 9.92. The fourth-order valence-corrected chi connectivity index (χ4v) is 3.12. The number of carbonyl (C=O) groups is 2. The van der Waals surface area contributed by atoms with Crippen LogP contribution >= 0.6 is 11.6 Å². The Balaban J connectivity index is 1.95. The van der Waals surface area contributed by atoms with E-state index in [1.807, 2.05) is 0 Å². The molecule has 4 nitrogen and oxygen atoms in total. The number of halogens is 4. The normalized spacial score (nSPS) is 20.1. The molecule has 1 N–H and O–H groups in total. The van der Waals surface area contributed by atoms with Crippen LogP contribution in [0.5, 0.6) is 0 Å². The highest BCUT2D eigenvalue weighted by molar-refractivity contribution is 6.32. The molecule has 1 saturated heterocycles. The molecular weight excluding hydrogens is 357 g/mol. The van der Waals surface area contributed by atoms with Crippen molar-refractivity contribution in [1.82, 2.24) is 10.2 Å². The topological polar surface area (TPSA) is 49.4 Å². The van der Waals surface area contributed by atoms with Crippen molar-refractivity contribution >= 4 is 23.5 Å². The van der Waals surface area contributed by atoms with Gasteiger partial charge in [0, 0.05) is 16.1 Å². The molecule has 3 amide bonds. The van der Waals surface area contributed by atoms with Crippen molar-refractivity contribution in [2.45, 2.75) is 19.0 Å². The Bertz CT molecular complexity index is 890. The van der Waals surface area contributed by atoms with Crippen LogP contribution in [0.3, 0.4) is 0 Å². The van der Waals surface area contributed by atoms with Crippen molar-refractivity contribution in [1.29, 1.82) is 0 Å². The summed E-state index contributed by atoms with van der Waals surface area (Å²) in [7, 11) is 0. The zero-order valence-electron chi connectivity index (χ0n) is 12.9. The zero-order valence-corrected chi connectivity index (χ0v) is 13.7. The Morgan fingerprint density at radius 1 is 1.16 bits per heavy atom. The van der Waals surface area contributed by atoms with Crippen molar-refractivity contribution in [3.63, 3.8) is 0 Å². The maximum absolute atomic E-state index is 13.8. The Morgan fingerprint density at radius 2 is 1.88 bits per heavy atom. The van der Waals surface area contributed by atoms with Crippen molar-refractivity contribution < 1.29 is 22.8 Å². The number of amides is 3. The van der Waals surface area contributed by atoms with E-state index in [1.54, 1.807) is 0 Å². The number of carbonyl (C=O) groups excluding carboxylic acids is 2. The maximum Gasteiger partial charge on any atom is 0.325 e. The quantitative estimate of drug-likeness (QED) is 0.839. The maximum atomic E-state index is 13.8. The third-order valence-corrected chi connectivity index (χ3v) is 4.42. The monoisotopic (exact) mass is 368 g/mol. The molecule has 0 aromatic heterocycles. The zero-order chi connectivity index (χ0) is 18.4. The average molecular weight is 369 g/mol. The molecule has 0 radical (unpaired) electrons. The first-order valence-electron chi connectivity index (χ1n) is 7.26. The van der Waals surface area contributed by atoms with E-state index >= 15 is 0 Å². The van der Waals surface area contributed by atoms with E-state index in [1.165, 1.54) is 25.1 Å². The smallest absolute Gasteiger partial charge is 0.319 e. The van der Waals surface area contributed by atoms with E-state index in [9.17, 15) is 22.8 Å². The Kier molecular flexibility index (Phi) is 4.20. The predicted octanol–water partition coefficient (Wildman–Crippen LogP) is 3.72. The van der Waals surface area contributed by atoms with E-state index in [-0.39, 0.29) is 16.1 Å².